The number of benzene rings is 2. The van der Waals surface area contributed by atoms with Crippen molar-refractivity contribution in [2.24, 2.45) is 0 Å². The van der Waals surface area contributed by atoms with Crippen LogP contribution in [0.4, 0.5) is 10.5 Å². The molecule has 1 fully saturated rings. The van der Waals surface area contributed by atoms with Gasteiger partial charge in [0.25, 0.3) is 11.8 Å². The lowest BCUT2D eigenvalue weighted by Gasteiger charge is -2.26. The summed E-state index contributed by atoms with van der Waals surface area (Å²) < 4.78 is 11.2. The van der Waals surface area contributed by atoms with E-state index < -0.39 is 17.8 Å². The number of carbonyl (C=O) groups is 3. The number of anilines is 1. The maximum absolute atomic E-state index is 13.0. The Morgan fingerprint density at radius 3 is 2.28 bits per heavy atom. The highest BCUT2D eigenvalue weighted by molar-refractivity contribution is 9.10. The molecule has 7 nitrogen and oxygen atoms in total. The number of carbonyl (C=O) groups excluding carboxylic acids is 3. The van der Waals surface area contributed by atoms with Crippen LogP contribution in [-0.4, -0.2) is 32.1 Å². The molecule has 8 heteroatoms. The first-order valence-corrected chi connectivity index (χ1v) is 9.60. The summed E-state index contributed by atoms with van der Waals surface area (Å²) in [5, 5.41) is 2.21. The number of amides is 4. The Hall–Kier alpha value is -3.13. The van der Waals surface area contributed by atoms with Crippen LogP contribution in [0.1, 0.15) is 18.1 Å². The number of ether oxygens (including phenoxy) is 2. The van der Waals surface area contributed by atoms with Gasteiger partial charge >= 0.3 is 6.03 Å². The van der Waals surface area contributed by atoms with E-state index in [1.807, 2.05) is 19.1 Å². The average molecular weight is 459 g/mol. The highest BCUT2D eigenvalue weighted by Crippen LogP contribution is 2.34. The molecule has 1 N–H and O–H groups in total. The highest BCUT2D eigenvalue weighted by atomic mass is 79.9. The summed E-state index contributed by atoms with van der Waals surface area (Å²) in [5.41, 5.74) is 1.75. The van der Waals surface area contributed by atoms with E-state index in [0.717, 1.165) is 16.9 Å². The highest BCUT2D eigenvalue weighted by Gasteiger charge is 2.37. The second-order valence-corrected chi connectivity index (χ2v) is 7.06. The van der Waals surface area contributed by atoms with Crippen LogP contribution in [0.2, 0.25) is 0 Å². The van der Waals surface area contributed by atoms with Gasteiger partial charge < -0.3 is 9.47 Å². The van der Waals surface area contributed by atoms with Gasteiger partial charge in [0.2, 0.25) is 0 Å². The number of aryl methyl sites for hydroxylation is 1. The van der Waals surface area contributed by atoms with E-state index in [-0.39, 0.29) is 5.57 Å². The van der Waals surface area contributed by atoms with Crippen LogP contribution >= 0.6 is 15.9 Å². The summed E-state index contributed by atoms with van der Waals surface area (Å²) >= 11 is 3.38. The third kappa shape index (κ3) is 4.02. The van der Waals surface area contributed by atoms with E-state index in [4.69, 9.17) is 9.47 Å². The summed E-state index contributed by atoms with van der Waals surface area (Å²) in [6, 6.07) is 9.53. The molecule has 0 aliphatic carbocycles. The van der Waals surface area contributed by atoms with Gasteiger partial charge in [-0.15, -0.1) is 0 Å². The van der Waals surface area contributed by atoms with E-state index in [9.17, 15) is 14.4 Å². The molecule has 0 spiro atoms. The van der Waals surface area contributed by atoms with Crippen molar-refractivity contribution in [3.8, 4) is 11.5 Å². The second-order valence-electron chi connectivity index (χ2n) is 6.21. The Labute approximate surface area is 176 Å². The van der Waals surface area contributed by atoms with Crippen molar-refractivity contribution in [2.45, 2.75) is 13.3 Å². The van der Waals surface area contributed by atoms with Gasteiger partial charge in [-0.2, -0.15) is 0 Å². The molecule has 1 heterocycles. The van der Waals surface area contributed by atoms with Crippen LogP contribution < -0.4 is 19.7 Å². The average Bonchev–Trinajstić information content (AvgIpc) is 2.71. The summed E-state index contributed by atoms with van der Waals surface area (Å²) in [4.78, 5) is 38.7. The fourth-order valence-electron chi connectivity index (χ4n) is 2.92. The third-order valence-corrected chi connectivity index (χ3v) is 5.13. The van der Waals surface area contributed by atoms with Crippen LogP contribution in [0, 0.1) is 0 Å². The Balaban J connectivity index is 2.04. The monoisotopic (exact) mass is 458 g/mol. The number of nitrogens with one attached hydrogen (secondary N) is 1. The van der Waals surface area contributed by atoms with Crippen molar-refractivity contribution < 1.29 is 23.9 Å². The first-order valence-electron chi connectivity index (χ1n) is 8.81. The molecule has 2 aromatic rings. The van der Waals surface area contributed by atoms with Crippen molar-refractivity contribution in [1.29, 1.82) is 0 Å². The largest absolute Gasteiger partial charge is 0.496 e. The van der Waals surface area contributed by atoms with Crippen molar-refractivity contribution in [3.05, 3.63) is 57.6 Å². The molecule has 0 radical (unpaired) electrons. The molecule has 1 aliphatic heterocycles. The molecule has 3 rings (SSSR count). The van der Waals surface area contributed by atoms with Crippen LogP contribution in [-0.2, 0) is 16.0 Å². The molecule has 150 valence electrons. The first-order chi connectivity index (χ1) is 13.9. The number of halogens is 1. The van der Waals surface area contributed by atoms with Gasteiger partial charge in [0.1, 0.15) is 17.1 Å². The number of rotatable bonds is 5. The summed E-state index contributed by atoms with van der Waals surface area (Å²) in [6.07, 6.45) is 2.22. The Morgan fingerprint density at radius 1 is 1.03 bits per heavy atom. The quantitative estimate of drug-likeness (QED) is 0.545. The Morgan fingerprint density at radius 2 is 1.69 bits per heavy atom. The lowest BCUT2D eigenvalue weighted by molar-refractivity contribution is -0.122. The lowest BCUT2D eigenvalue weighted by atomic mass is 10.1. The number of imide groups is 2. The van der Waals surface area contributed by atoms with E-state index >= 15 is 0 Å². The first kappa shape index (κ1) is 20.6. The van der Waals surface area contributed by atoms with Crippen molar-refractivity contribution >= 4 is 45.5 Å². The van der Waals surface area contributed by atoms with E-state index in [1.165, 1.54) is 20.3 Å². The molecule has 29 heavy (non-hydrogen) atoms. The molecule has 0 aromatic heterocycles. The van der Waals surface area contributed by atoms with Gasteiger partial charge in [0.05, 0.1) is 24.4 Å². The lowest BCUT2D eigenvalue weighted by Crippen LogP contribution is -2.54. The minimum atomic E-state index is -0.788. The molecule has 1 saturated heterocycles. The maximum atomic E-state index is 13.0. The normalized spacial score (nSPS) is 15.5. The summed E-state index contributed by atoms with van der Waals surface area (Å²) in [6.45, 7) is 2.01. The van der Waals surface area contributed by atoms with Crippen molar-refractivity contribution in [3.63, 3.8) is 0 Å². The molecule has 1 aliphatic rings. The molecule has 0 bridgehead atoms. The van der Waals surface area contributed by atoms with E-state index in [1.54, 1.807) is 24.3 Å². The Kier molecular flexibility index (Phi) is 6.03. The van der Waals surface area contributed by atoms with Crippen LogP contribution in [0.3, 0.4) is 0 Å². The minimum Gasteiger partial charge on any atom is -0.496 e. The van der Waals surface area contributed by atoms with Gasteiger partial charge in [0, 0.05) is 11.6 Å². The SMILES string of the molecule is CCc1ccc(N2C(=O)NC(=O)/C(=C/c3cc(Br)c(OC)cc3OC)C2=O)cc1. The van der Waals surface area contributed by atoms with Gasteiger partial charge in [-0.1, -0.05) is 19.1 Å². The minimum absolute atomic E-state index is 0.181. The Bertz CT molecular complexity index is 1010. The number of methoxy groups -OCH3 is 2. The van der Waals surface area contributed by atoms with Crippen LogP contribution in [0.25, 0.3) is 6.08 Å². The molecule has 0 atom stereocenters. The molecule has 4 amide bonds. The molecule has 0 unspecified atom stereocenters. The predicted octanol–water partition coefficient (Wildman–Crippen LogP) is 3.70. The zero-order valence-corrected chi connectivity index (χ0v) is 17.7. The number of barbiturate groups is 1. The topological polar surface area (TPSA) is 84.9 Å². The zero-order valence-electron chi connectivity index (χ0n) is 16.1. The maximum Gasteiger partial charge on any atom is 0.335 e. The van der Waals surface area contributed by atoms with E-state index in [0.29, 0.717) is 27.2 Å². The number of urea groups is 1. The molecular weight excluding hydrogens is 440 g/mol. The van der Waals surface area contributed by atoms with Crippen molar-refractivity contribution in [1.82, 2.24) is 5.32 Å². The fourth-order valence-corrected chi connectivity index (χ4v) is 3.45. The smallest absolute Gasteiger partial charge is 0.335 e. The molecule has 0 saturated carbocycles. The number of hydrogen-bond donors (Lipinski definition) is 1. The van der Waals surface area contributed by atoms with Crippen LogP contribution in [0.15, 0.2) is 46.4 Å². The van der Waals surface area contributed by atoms with Gasteiger partial charge in [0.15, 0.2) is 0 Å². The van der Waals surface area contributed by atoms with Gasteiger partial charge in [-0.3, -0.25) is 14.9 Å². The van der Waals surface area contributed by atoms with Gasteiger partial charge in [-0.05, 0) is 52.2 Å². The molecule has 2 aromatic carbocycles. The third-order valence-electron chi connectivity index (χ3n) is 4.51. The number of hydrogen-bond acceptors (Lipinski definition) is 5. The second kappa shape index (κ2) is 8.48. The van der Waals surface area contributed by atoms with Gasteiger partial charge in [-0.25, -0.2) is 9.69 Å². The van der Waals surface area contributed by atoms with Crippen LogP contribution in [0.5, 0.6) is 11.5 Å². The van der Waals surface area contributed by atoms with Crippen molar-refractivity contribution in [2.75, 3.05) is 19.1 Å². The van der Waals surface area contributed by atoms with E-state index in [2.05, 4.69) is 21.2 Å². The fraction of sp³-hybridized carbons (Fsp3) is 0.190. The molecular formula is C21H19BrN2O5. The zero-order chi connectivity index (χ0) is 21.1. The standard InChI is InChI=1S/C21H19BrN2O5/c1-4-12-5-7-14(8-6-12)24-20(26)15(19(25)23-21(24)27)9-13-10-16(22)18(29-3)11-17(13)28-2/h5-11H,4H2,1-3H3,(H,23,25,27)/b15-9-. The summed E-state index contributed by atoms with van der Waals surface area (Å²) in [7, 11) is 2.99. The summed E-state index contributed by atoms with van der Waals surface area (Å²) in [5.74, 6) is -0.530. The predicted molar refractivity (Wildman–Crippen MR) is 112 cm³/mol. The number of nitrogens with zero attached hydrogens (tertiary/aromatic N) is 1.